The van der Waals surface area contributed by atoms with Gasteiger partial charge in [0.25, 0.3) is 0 Å². The van der Waals surface area contributed by atoms with Crippen LogP contribution in [0.4, 0.5) is 0 Å². The minimum Gasteiger partial charge on any atom is -0.512 e. The third kappa shape index (κ3) is 419. The Morgan fingerprint density at radius 3 is 0.714 bits per heavy atom. The van der Waals surface area contributed by atoms with Crippen molar-refractivity contribution in [1.82, 2.24) is 0 Å². The van der Waals surface area contributed by atoms with Gasteiger partial charge in [0.1, 0.15) is 0 Å². The molecule has 8 N–H and O–H groups in total. The quantitative estimate of drug-likeness (QED) is 0.206. The van der Waals surface area contributed by atoms with E-state index in [-0.39, 0.29) is 76.3 Å². The molecule has 0 rings (SSSR count). The van der Waals surface area contributed by atoms with E-state index < -0.39 is 0 Å². The Bertz CT molecular complexity index is 151. The van der Waals surface area contributed by atoms with Crippen molar-refractivity contribution >= 4 is 0 Å². The van der Waals surface area contributed by atoms with Crippen LogP contribution in [0.25, 0.3) is 0 Å². The van der Waals surface area contributed by atoms with Crippen molar-refractivity contribution in [2.45, 2.75) is 25.9 Å². The number of nitrogens with zero attached hydrogens (tertiary/aromatic N) is 4. The van der Waals surface area contributed by atoms with Gasteiger partial charge in [0.05, 0.1) is 0 Å². The van der Waals surface area contributed by atoms with Crippen LogP contribution in [-0.4, -0.2) is 25.2 Å². The molecule has 21 heavy (non-hydrogen) atoms. The fraction of sp³-hybridized carbons (Fsp3) is 0.600. The summed E-state index contributed by atoms with van der Waals surface area (Å²) in [6.07, 6.45) is 0. The molecule has 0 heterocycles. The first kappa shape index (κ1) is 58.4. The summed E-state index contributed by atoms with van der Waals surface area (Å²) in [7, 11) is 0. The van der Waals surface area contributed by atoms with E-state index in [1.54, 1.807) is 0 Å². The van der Waals surface area contributed by atoms with Crippen molar-refractivity contribution in [3.63, 3.8) is 0 Å². The van der Waals surface area contributed by atoms with Gasteiger partial charge >= 0.3 is 64.2 Å². The van der Waals surface area contributed by atoms with E-state index in [0.29, 0.717) is 13.1 Å². The molecule has 0 aliphatic rings. The molecule has 0 spiro atoms. The SMILES string of the molecule is CC(N)CN.CC(N)CN.[Au+].[Au+].[C-]#N.[C-]#N.[C-]#N.[C-]#N.[Zn+2]. The monoisotopic (exact) mass is 710 g/mol. The van der Waals surface area contributed by atoms with Crippen LogP contribution < -0.4 is 22.9 Å². The summed E-state index contributed by atoms with van der Waals surface area (Å²) in [6.45, 7) is 23.9. The molecule has 0 radical (unpaired) electrons. The summed E-state index contributed by atoms with van der Waals surface area (Å²) in [4.78, 5) is 0. The van der Waals surface area contributed by atoms with Gasteiger partial charge in [0.2, 0.25) is 0 Å². The fourth-order valence-electron chi connectivity index (χ4n) is 0. The second-order valence-electron chi connectivity index (χ2n) is 2.43. The van der Waals surface area contributed by atoms with E-state index in [9.17, 15) is 0 Å². The van der Waals surface area contributed by atoms with Gasteiger partial charge in [-0.05, 0) is 13.8 Å². The van der Waals surface area contributed by atoms with Gasteiger partial charge in [0, 0.05) is 25.2 Å². The normalized spacial score (nSPS) is 7.52. The van der Waals surface area contributed by atoms with Gasteiger partial charge in [-0.2, -0.15) is 0 Å². The van der Waals surface area contributed by atoms with Gasteiger partial charge in [-0.15, -0.1) is 0 Å². The van der Waals surface area contributed by atoms with Crippen LogP contribution in [0, 0.1) is 47.3 Å². The molecule has 124 valence electrons. The van der Waals surface area contributed by atoms with Gasteiger partial charge in [-0.3, -0.25) is 0 Å². The molecule has 0 bridgehead atoms. The molecule has 0 amide bonds. The topological polar surface area (TPSA) is 199 Å². The van der Waals surface area contributed by atoms with Crippen molar-refractivity contribution in [2.75, 3.05) is 13.1 Å². The van der Waals surface area contributed by atoms with Crippen LogP contribution in [-0.2, 0) is 64.2 Å². The maximum Gasteiger partial charge on any atom is 2.00 e. The zero-order chi connectivity index (χ0) is 16.6. The van der Waals surface area contributed by atoms with E-state index in [4.69, 9.17) is 70.3 Å². The predicted molar refractivity (Wildman–Crippen MR) is 65.3 cm³/mol. The average Bonchev–Trinajstić information content (AvgIpc) is 2.48. The van der Waals surface area contributed by atoms with Gasteiger partial charge in [0.15, 0.2) is 0 Å². The molecule has 0 aromatic rings. The molecule has 0 aliphatic heterocycles. The van der Waals surface area contributed by atoms with Crippen LogP contribution in [0.3, 0.4) is 0 Å². The van der Waals surface area contributed by atoms with E-state index >= 15 is 0 Å². The van der Waals surface area contributed by atoms with E-state index in [0.717, 1.165) is 0 Å². The van der Waals surface area contributed by atoms with Gasteiger partial charge in [-0.1, -0.05) is 0 Å². The van der Waals surface area contributed by atoms with Crippen molar-refractivity contribution in [1.29, 1.82) is 21.0 Å². The second-order valence-corrected chi connectivity index (χ2v) is 2.43. The maximum atomic E-state index is 6.25. The Hall–Kier alpha value is -0.0961. The molecule has 0 aromatic carbocycles. The molecule has 2 unspecified atom stereocenters. The largest absolute Gasteiger partial charge is 2.00 e. The molecule has 0 aromatic heterocycles. The molecule has 0 saturated carbocycles. The van der Waals surface area contributed by atoms with Crippen LogP contribution in [0.15, 0.2) is 0 Å². The Kier molecular flexibility index (Phi) is 317. The second kappa shape index (κ2) is 114. The van der Waals surface area contributed by atoms with E-state index in [2.05, 4.69) is 0 Å². The summed E-state index contributed by atoms with van der Waals surface area (Å²) in [5.74, 6) is 0. The first-order chi connectivity index (χ1) is 8.54. The number of nitrogens with two attached hydrogens (primary N) is 4. The van der Waals surface area contributed by atoms with Crippen molar-refractivity contribution < 1.29 is 64.2 Å². The minimum atomic E-state index is 0. The summed E-state index contributed by atoms with van der Waals surface area (Å²) < 4.78 is 0. The van der Waals surface area contributed by atoms with Crippen LogP contribution in [0.1, 0.15) is 13.8 Å². The minimum absolute atomic E-state index is 0. The number of rotatable bonds is 2. The Morgan fingerprint density at radius 2 is 0.714 bits per heavy atom. The Morgan fingerprint density at radius 1 is 0.667 bits per heavy atom. The zero-order valence-corrected chi connectivity index (χ0v) is 19.3. The van der Waals surface area contributed by atoms with Crippen molar-refractivity contribution in [3.8, 4) is 0 Å². The molecule has 11 heteroatoms. The summed E-state index contributed by atoms with van der Waals surface area (Å²) >= 11 is 0. The summed E-state index contributed by atoms with van der Waals surface area (Å²) in [5, 5.41) is 25.0. The number of hydrogen-bond donors (Lipinski definition) is 4. The molecular formula is C10H20Au2N8Zn. The summed E-state index contributed by atoms with van der Waals surface area (Å²) in [6, 6.07) is 0.324. The molecule has 0 fully saturated rings. The van der Waals surface area contributed by atoms with Crippen LogP contribution >= 0.6 is 0 Å². The van der Waals surface area contributed by atoms with Gasteiger partial charge < -0.3 is 70.3 Å². The van der Waals surface area contributed by atoms with Crippen molar-refractivity contribution in [3.05, 3.63) is 26.3 Å². The van der Waals surface area contributed by atoms with Gasteiger partial charge in [-0.25, -0.2) is 0 Å². The first-order valence-electron chi connectivity index (χ1n) is 4.35. The first-order valence-corrected chi connectivity index (χ1v) is 4.35. The van der Waals surface area contributed by atoms with E-state index in [1.165, 1.54) is 0 Å². The number of hydrogen-bond acceptors (Lipinski definition) is 8. The fourth-order valence-corrected chi connectivity index (χ4v) is 0. The molecule has 0 aliphatic carbocycles. The third-order valence-electron chi connectivity index (χ3n) is 0.744. The molecular weight excluding hydrogens is 691 g/mol. The molecule has 0 saturated heterocycles. The summed E-state index contributed by atoms with van der Waals surface area (Å²) in [5.41, 5.74) is 20.4. The third-order valence-corrected chi connectivity index (χ3v) is 0.744. The Balaban J connectivity index is -0.0000000122. The van der Waals surface area contributed by atoms with Crippen molar-refractivity contribution in [2.24, 2.45) is 22.9 Å². The van der Waals surface area contributed by atoms with Crippen LogP contribution in [0.2, 0.25) is 0 Å². The van der Waals surface area contributed by atoms with Crippen LogP contribution in [0.5, 0.6) is 0 Å². The van der Waals surface area contributed by atoms with E-state index in [1.807, 2.05) is 13.8 Å². The average molecular weight is 712 g/mol. The zero-order valence-electron chi connectivity index (χ0n) is 12.0. The molecule has 8 nitrogen and oxygen atoms in total. The smallest absolute Gasteiger partial charge is 0.512 e. The molecule has 2 atom stereocenters. The Labute approximate surface area is 172 Å². The predicted octanol–water partition coefficient (Wildman–Crippen LogP) is -1.04. The standard InChI is InChI=1S/2C3H10N2.4CN.2Au.Zn/c2*1-3(5)2-4;4*1-2;;;/h2*3H,2,4-5H2,1H3;;;;;;;/q;;4*-1;2*+1;+2. The maximum absolute atomic E-state index is 6.25.